The number of nitrogens with zero attached hydrogens (tertiary/aromatic N) is 4. The van der Waals surface area contributed by atoms with Crippen LogP contribution in [0.4, 0.5) is 21.8 Å². The first-order valence-corrected chi connectivity index (χ1v) is 8.43. The second kappa shape index (κ2) is 8.59. The van der Waals surface area contributed by atoms with E-state index < -0.39 is 0 Å². The van der Waals surface area contributed by atoms with Crippen LogP contribution in [-0.2, 0) is 13.0 Å². The summed E-state index contributed by atoms with van der Waals surface area (Å²) in [7, 11) is 0. The number of aliphatic hydroxyl groups is 1. The van der Waals surface area contributed by atoms with E-state index in [1.807, 2.05) is 6.07 Å². The summed E-state index contributed by atoms with van der Waals surface area (Å²) in [5.41, 5.74) is 1.59. The van der Waals surface area contributed by atoms with Crippen molar-refractivity contribution >= 4 is 29.1 Å². The first kappa shape index (κ1) is 18.1. The van der Waals surface area contributed by atoms with Crippen molar-refractivity contribution in [1.82, 2.24) is 19.7 Å². The van der Waals surface area contributed by atoms with Crippen LogP contribution in [0.1, 0.15) is 5.56 Å². The molecule has 0 aliphatic heterocycles. The van der Waals surface area contributed by atoms with Gasteiger partial charge in [-0.15, -0.1) is 0 Å². The molecule has 3 N–H and O–H groups in total. The Morgan fingerprint density at radius 2 is 2.15 bits per heavy atom. The van der Waals surface area contributed by atoms with E-state index in [-0.39, 0.29) is 12.4 Å². The van der Waals surface area contributed by atoms with Gasteiger partial charge in [-0.3, -0.25) is 4.68 Å². The number of benzene rings is 1. The van der Waals surface area contributed by atoms with Crippen molar-refractivity contribution in [3.8, 4) is 0 Å². The van der Waals surface area contributed by atoms with Crippen molar-refractivity contribution in [3.63, 3.8) is 0 Å². The maximum absolute atomic E-state index is 13.2. The number of hydrogen-bond acceptors (Lipinski definition) is 6. The van der Waals surface area contributed by atoms with E-state index in [9.17, 15) is 4.39 Å². The summed E-state index contributed by atoms with van der Waals surface area (Å²) in [5.74, 6) is 0.602. The molecule has 0 fully saturated rings. The third-order valence-corrected chi connectivity index (χ3v) is 3.83. The first-order valence-electron chi connectivity index (χ1n) is 8.05. The molecule has 7 nitrogen and oxygen atoms in total. The number of aromatic nitrogens is 4. The van der Waals surface area contributed by atoms with Crippen LogP contribution in [0.2, 0.25) is 5.02 Å². The first-order chi connectivity index (χ1) is 12.6. The van der Waals surface area contributed by atoms with Gasteiger partial charge in [-0.1, -0.05) is 23.7 Å². The lowest BCUT2D eigenvalue weighted by Gasteiger charge is -2.09. The van der Waals surface area contributed by atoms with Gasteiger partial charge in [0.1, 0.15) is 10.8 Å². The van der Waals surface area contributed by atoms with E-state index in [4.69, 9.17) is 16.7 Å². The Labute approximate surface area is 154 Å². The fourth-order valence-electron chi connectivity index (χ4n) is 2.35. The van der Waals surface area contributed by atoms with Crippen LogP contribution in [0.25, 0.3) is 0 Å². The van der Waals surface area contributed by atoms with Crippen molar-refractivity contribution in [2.75, 3.05) is 23.8 Å². The van der Waals surface area contributed by atoms with Gasteiger partial charge in [0.05, 0.1) is 31.2 Å². The number of rotatable bonds is 8. The summed E-state index contributed by atoms with van der Waals surface area (Å²) in [5, 5.41) is 19.6. The van der Waals surface area contributed by atoms with E-state index in [2.05, 4.69) is 25.7 Å². The number of aliphatic hydroxyl groups excluding tert-OH is 1. The van der Waals surface area contributed by atoms with E-state index in [1.54, 1.807) is 23.1 Å². The topological polar surface area (TPSA) is 87.9 Å². The Morgan fingerprint density at radius 3 is 2.96 bits per heavy atom. The Morgan fingerprint density at radius 1 is 1.27 bits per heavy atom. The molecule has 0 atom stereocenters. The molecular weight excluding hydrogens is 359 g/mol. The normalized spacial score (nSPS) is 10.7. The second-order valence-corrected chi connectivity index (χ2v) is 5.94. The summed E-state index contributed by atoms with van der Waals surface area (Å²) in [6.07, 6.45) is 5.49. The van der Waals surface area contributed by atoms with Crippen molar-refractivity contribution in [1.29, 1.82) is 0 Å². The summed E-state index contributed by atoms with van der Waals surface area (Å²) in [6.45, 7) is 0.974. The molecule has 2 aromatic heterocycles. The van der Waals surface area contributed by atoms with Crippen molar-refractivity contribution in [3.05, 3.63) is 59.3 Å². The molecule has 3 aromatic rings. The Bertz CT molecular complexity index is 872. The van der Waals surface area contributed by atoms with Gasteiger partial charge in [0.15, 0.2) is 5.82 Å². The quantitative estimate of drug-likeness (QED) is 0.560. The maximum atomic E-state index is 13.2. The molecule has 9 heteroatoms. The van der Waals surface area contributed by atoms with Crippen molar-refractivity contribution in [2.24, 2.45) is 0 Å². The average Bonchev–Trinajstić information content (AvgIpc) is 3.05. The van der Waals surface area contributed by atoms with Crippen LogP contribution in [0, 0.1) is 5.82 Å². The minimum absolute atomic E-state index is 0.0119. The van der Waals surface area contributed by atoms with Gasteiger partial charge >= 0.3 is 0 Å². The standard InChI is InChI=1S/C17H18ClFN6O/c18-15-10-21-17(23-14-9-22-25(11-14)6-7-26)24-16(15)20-5-4-12-2-1-3-13(19)8-12/h1-3,8-11,26H,4-7H2,(H2,20,21,23,24). The summed E-state index contributed by atoms with van der Waals surface area (Å²) in [6, 6.07) is 6.46. The molecule has 0 unspecified atom stereocenters. The Kier molecular flexibility index (Phi) is 5.98. The fourth-order valence-corrected chi connectivity index (χ4v) is 2.51. The highest BCUT2D eigenvalue weighted by Crippen LogP contribution is 2.21. The van der Waals surface area contributed by atoms with Gasteiger partial charge in [-0.05, 0) is 24.1 Å². The van der Waals surface area contributed by atoms with Gasteiger partial charge < -0.3 is 15.7 Å². The number of hydrogen-bond donors (Lipinski definition) is 3. The van der Waals surface area contributed by atoms with Crippen LogP contribution >= 0.6 is 11.6 Å². The molecular formula is C17H18ClFN6O. The summed E-state index contributed by atoms with van der Waals surface area (Å²) >= 11 is 6.13. The smallest absolute Gasteiger partial charge is 0.229 e. The minimum Gasteiger partial charge on any atom is -0.394 e. The summed E-state index contributed by atoms with van der Waals surface area (Å²) in [4.78, 5) is 8.48. The number of anilines is 3. The monoisotopic (exact) mass is 376 g/mol. The van der Waals surface area contributed by atoms with Crippen LogP contribution in [0.15, 0.2) is 42.9 Å². The van der Waals surface area contributed by atoms with Crippen LogP contribution in [-0.4, -0.2) is 38.0 Å². The Hall–Kier alpha value is -2.71. The molecule has 26 heavy (non-hydrogen) atoms. The van der Waals surface area contributed by atoms with Crippen molar-refractivity contribution in [2.45, 2.75) is 13.0 Å². The molecule has 3 rings (SSSR count). The lowest BCUT2D eigenvalue weighted by atomic mass is 10.1. The van der Waals surface area contributed by atoms with Crippen LogP contribution < -0.4 is 10.6 Å². The van der Waals surface area contributed by atoms with Gasteiger partial charge in [0.2, 0.25) is 5.95 Å². The second-order valence-electron chi connectivity index (χ2n) is 5.54. The third kappa shape index (κ3) is 4.90. The molecule has 0 amide bonds. The van der Waals surface area contributed by atoms with Crippen LogP contribution in [0.5, 0.6) is 0 Å². The predicted molar refractivity (Wildman–Crippen MR) is 98.2 cm³/mol. The van der Waals surface area contributed by atoms with Crippen LogP contribution in [0.3, 0.4) is 0 Å². The zero-order chi connectivity index (χ0) is 18.4. The zero-order valence-corrected chi connectivity index (χ0v) is 14.6. The lowest BCUT2D eigenvalue weighted by Crippen LogP contribution is -2.08. The molecule has 1 aromatic carbocycles. The highest BCUT2D eigenvalue weighted by Gasteiger charge is 2.07. The molecule has 0 saturated heterocycles. The lowest BCUT2D eigenvalue weighted by molar-refractivity contribution is 0.269. The largest absolute Gasteiger partial charge is 0.394 e. The van der Waals surface area contributed by atoms with E-state index in [0.717, 1.165) is 5.56 Å². The highest BCUT2D eigenvalue weighted by molar-refractivity contribution is 6.32. The molecule has 0 bridgehead atoms. The van der Waals surface area contributed by atoms with E-state index in [0.29, 0.717) is 42.0 Å². The predicted octanol–water partition coefficient (Wildman–Crippen LogP) is 2.86. The summed E-state index contributed by atoms with van der Waals surface area (Å²) < 4.78 is 14.8. The zero-order valence-electron chi connectivity index (χ0n) is 13.9. The molecule has 0 saturated carbocycles. The van der Waals surface area contributed by atoms with E-state index in [1.165, 1.54) is 18.3 Å². The van der Waals surface area contributed by atoms with E-state index >= 15 is 0 Å². The van der Waals surface area contributed by atoms with Gasteiger partial charge in [-0.2, -0.15) is 10.1 Å². The molecule has 2 heterocycles. The van der Waals surface area contributed by atoms with Crippen molar-refractivity contribution < 1.29 is 9.50 Å². The molecule has 0 aliphatic rings. The van der Waals surface area contributed by atoms with Gasteiger partial charge in [0.25, 0.3) is 0 Å². The number of halogens is 2. The third-order valence-electron chi connectivity index (χ3n) is 3.56. The fraction of sp³-hybridized carbons (Fsp3) is 0.235. The maximum Gasteiger partial charge on any atom is 0.229 e. The average molecular weight is 377 g/mol. The van der Waals surface area contributed by atoms with Gasteiger partial charge in [-0.25, -0.2) is 9.37 Å². The molecule has 0 aliphatic carbocycles. The van der Waals surface area contributed by atoms with Gasteiger partial charge in [0, 0.05) is 12.7 Å². The minimum atomic E-state index is -0.254. The Balaban J connectivity index is 1.61. The SMILES string of the molecule is OCCn1cc(Nc2ncc(Cl)c(NCCc3cccc(F)c3)n2)cn1. The molecule has 0 radical (unpaired) electrons. The highest BCUT2D eigenvalue weighted by atomic mass is 35.5. The number of nitrogens with one attached hydrogen (secondary N) is 2. The molecule has 136 valence electrons. The molecule has 0 spiro atoms.